The topological polar surface area (TPSA) is 80.4 Å². The van der Waals surface area contributed by atoms with Crippen LogP contribution in [0, 0.1) is 5.41 Å². The van der Waals surface area contributed by atoms with Crippen molar-refractivity contribution >= 4 is 11.4 Å². The number of methoxy groups -OCH3 is 1. The summed E-state index contributed by atoms with van der Waals surface area (Å²) in [7, 11) is 1.60. The van der Waals surface area contributed by atoms with E-state index in [0.717, 1.165) is 22.6 Å². The fraction of sp³-hybridized carbons (Fsp3) is 0.167. The molecule has 118 valence electrons. The van der Waals surface area contributed by atoms with Crippen LogP contribution in [0.3, 0.4) is 0 Å². The molecule has 5 heteroatoms. The number of nitrogen functional groups attached to an aromatic ring is 1. The zero-order chi connectivity index (χ0) is 16.2. The molecule has 5 nitrogen and oxygen atoms in total. The Bertz CT molecular complexity index is 769. The van der Waals surface area contributed by atoms with Crippen molar-refractivity contribution in [1.29, 1.82) is 5.41 Å². The van der Waals surface area contributed by atoms with Crippen molar-refractivity contribution in [3.05, 3.63) is 65.4 Å². The van der Waals surface area contributed by atoms with Gasteiger partial charge in [0.2, 0.25) is 0 Å². The van der Waals surface area contributed by atoms with E-state index in [2.05, 4.69) is 5.32 Å². The maximum Gasteiger partial charge on any atom is 0.128 e. The van der Waals surface area contributed by atoms with Crippen LogP contribution in [-0.2, 0) is 6.54 Å². The average molecular weight is 309 g/mol. The van der Waals surface area contributed by atoms with Gasteiger partial charge in [0.25, 0.3) is 0 Å². The number of ether oxygens (including phenoxy) is 2. The van der Waals surface area contributed by atoms with Crippen molar-refractivity contribution in [1.82, 2.24) is 5.32 Å². The van der Waals surface area contributed by atoms with Crippen LogP contribution < -0.4 is 20.5 Å². The van der Waals surface area contributed by atoms with E-state index in [4.69, 9.17) is 20.6 Å². The third-order valence-electron chi connectivity index (χ3n) is 3.70. The molecule has 0 saturated carbocycles. The minimum Gasteiger partial charge on any atom is -0.496 e. The molecule has 0 fully saturated rings. The quantitative estimate of drug-likeness (QED) is 0.601. The molecule has 0 spiro atoms. The van der Waals surface area contributed by atoms with Gasteiger partial charge in [-0.1, -0.05) is 18.2 Å². The number of rotatable bonds is 3. The fourth-order valence-electron chi connectivity index (χ4n) is 2.48. The number of fused-ring (bicyclic) bond motifs is 1. The molecular weight excluding hydrogens is 290 g/mol. The van der Waals surface area contributed by atoms with Crippen LogP contribution in [0.5, 0.6) is 11.5 Å². The summed E-state index contributed by atoms with van der Waals surface area (Å²) in [6, 6.07) is 13.1. The highest BCUT2D eigenvalue weighted by Crippen LogP contribution is 2.25. The second-order valence-corrected chi connectivity index (χ2v) is 5.29. The molecule has 0 unspecified atom stereocenters. The van der Waals surface area contributed by atoms with E-state index in [1.165, 1.54) is 0 Å². The summed E-state index contributed by atoms with van der Waals surface area (Å²) < 4.78 is 11.1. The van der Waals surface area contributed by atoms with Crippen molar-refractivity contribution in [2.45, 2.75) is 6.54 Å². The lowest BCUT2D eigenvalue weighted by Gasteiger charge is -2.09. The van der Waals surface area contributed by atoms with Crippen molar-refractivity contribution in [3.63, 3.8) is 0 Å². The summed E-state index contributed by atoms with van der Waals surface area (Å²) in [4.78, 5) is 0. The molecule has 0 aliphatic carbocycles. The van der Waals surface area contributed by atoms with Crippen molar-refractivity contribution in [2.75, 3.05) is 19.5 Å². The average Bonchev–Trinajstić information content (AvgIpc) is 2.77. The molecule has 0 radical (unpaired) electrons. The van der Waals surface area contributed by atoms with Crippen LogP contribution in [-0.4, -0.2) is 19.4 Å². The van der Waals surface area contributed by atoms with E-state index in [0.29, 0.717) is 30.3 Å². The maximum atomic E-state index is 8.30. The molecule has 1 heterocycles. The highest BCUT2D eigenvalue weighted by Gasteiger charge is 2.13. The van der Waals surface area contributed by atoms with E-state index in [-0.39, 0.29) is 0 Å². The summed E-state index contributed by atoms with van der Waals surface area (Å²) in [6.07, 6.45) is 1.77. The number of nitrogens with one attached hydrogen (secondary N) is 2. The van der Waals surface area contributed by atoms with E-state index in [1.807, 2.05) is 42.5 Å². The Morgan fingerprint density at radius 1 is 1.30 bits per heavy atom. The second kappa shape index (κ2) is 6.44. The lowest BCUT2D eigenvalue weighted by atomic mass is 10.1. The number of nitrogens with two attached hydrogens (primary N) is 1. The third-order valence-corrected chi connectivity index (χ3v) is 3.70. The molecule has 1 aliphatic rings. The first-order valence-corrected chi connectivity index (χ1v) is 7.35. The summed E-state index contributed by atoms with van der Waals surface area (Å²) in [5.74, 6) is 1.46. The second-order valence-electron chi connectivity index (χ2n) is 5.29. The Morgan fingerprint density at radius 2 is 2.13 bits per heavy atom. The van der Waals surface area contributed by atoms with E-state index in [1.54, 1.807) is 13.2 Å². The van der Waals surface area contributed by atoms with Gasteiger partial charge in [0.1, 0.15) is 18.1 Å². The van der Waals surface area contributed by atoms with Gasteiger partial charge in [-0.15, -0.1) is 0 Å². The van der Waals surface area contributed by atoms with E-state index >= 15 is 0 Å². The van der Waals surface area contributed by atoms with Gasteiger partial charge in [0.05, 0.1) is 18.5 Å². The number of para-hydroxylation sites is 1. The molecule has 2 aromatic carbocycles. The van der Waals surface area contributed by atoms with Gasteiger partial charge >= 0.3 is 0 Å². The van der Waals surface area contributed by atoms with Crippen LogP contribution in [0.25, 0.3) is 0 Å². The fourth-order valence-corrected chi connectivity index (χ4v) is 2.48. The van der Waals surface area contributed by atoms with Crippen LogP contribution in [0.4, 0.5) is 5.69 Å². The number of anilines is 1. The summed E-state index contributed by atoms with van der Waals surface area (Å²) >= 11 is 0. The standard InChI is InChI=1S/C18H19N3O2/c1-22-17-5-3-2-4-15(17)16(20)9-14-11-23-18-8-13(19)7-6-12(18)10-21-14/h2-9,20-21H,10-11,19H2,1H3/b14-9-,20-16?. The lowest BCUT2D eigenvalue weighted by molar-refractivity contribution is 0.351. The lowest BCUT2D eigenvalue weighted by Crippen LogP contribution is -2.16. The Labute approximate surface area is 135 Å². The molecule has 0 amide bonds. The molecule has 0 aromatic heterocycles. The summed E-state index contributed by atoms with van der Waals surface area (Å²) in [5.41, 5.74) is 9.48. The van der Waals surface area contributed by atoms with E-state index < -0.39 is 0 Å². The van der Waals surface area contributed by atoms with Gasteiger partial charge in [-0.05, 0) is 24.3 Å². The smallest absolute Gasteiger partial charge is 0.128 e. The van der Waals surface area contributed by atoms with Crippen LogP contribution in [0.2, 0.25) is 0 Å². The molecular formula is C18H19N3O2. The predicted octanol–water partition coefficient (Wildman–Crippen LogP) is 2.71. The summed E-state index contributed by atoms with van der Waals surface area (Å²) in [5, 5.41) is 11.6. The minimum atomic E-state index is 0.369. The first kappa shape index (κ1) is 15.0. The Balaban J connectivity index is 1.80. The highest BCUT2D eigenvalue weighted by molar-refractivity contribution is 6.08. The third kappa shape index (κ3) is 3.29. The van der Waals surface area contributed by atoms with Gasteiger partial charge < -0.3 is 25.9 Å². The number of hydrogen-bond acceptors (Lipinski definition) is 5. The first-order chi connectivity index (χ1) is 11.2. The number of allylic oxidation sites excluding steroid dienone is 1. The molecule has 23 heavy (non-hydrogen) atoms. The van der Waals surface area contributed by atoms with Gasteiger partial charge in [-0.2, -0.15) is 0 Å². The van der Waals surface area contributed by atoms with E-state index in [9.17, 15) is 0 Å². The normalized spacial score (nSPS) is 15.1. The van der Waals surface area contributed by atoms with Crippen LogP contribution >= 0.6 is 0 Å². The van der Waals surface area contributed by atoms with Crippen LogP contribution in [0.1, 0.15) is 11.1 Å². The molecule has 4 N–H and O–H groups in total. The number of hydrogen-bond donors (Lipinski definition) is 3. The van der Waals surface area contributed by atoms with Gasteiger partial charge in [0.15, 0.2) is 0 Å². The molecule has 0 bridgehead atoms. The maximum absolute atomic E-state index is 8.30. The zero-order valence-electron chi connectivity index (χ0n) is 12.9. The monoisotopic (exact) mass is 309 g/mol. The SMILES string of the molecule is COc1ccccc1C(=N)/C=C1/COc2cc(N)ccc2CN1. The first-order valence-electron chi connectivity index (χ1n) is 7.35. The van der Waals surface area contributed by atoms with Gasteiger partial charge in [-0.3, -0.25) is 0 Å². The zero-order valence-corrected chi connectivity index (χ0v) is 12.9. The Hall–Kier alpha value is -2.95. The highest BCUT2D eigenvalue weighted by atomic mass is 16.5. The Morgan fingerprint density at radius 3 is 2.96 bits per heavy atom. The molecule has 0 saturated heterocycles. The van der Waals surface area contributed by atoms with Gasteiger partial charge in [-0.25, -0.2) is 0 Å². The summed E-state index contributed by atoms with van der Waals surface area (Å²) in [6.45, 7) is 1.01. The molecule has 3 rings (SSSR count). The predicted molar refractivity (Wildman–Crippen MR) is 91.1 cm³/mol. The van der Waals surface area contributed by atoms with Crippen molar-refractivity contribution in [2.24, 2.45) is 0 Å². The van der Waals surface area contributed by atoms with Crippen molar-refractivity contribution in [3.8, 4) is 11.5 Å². The largest absolute Gasteiger partial charge is 0.496 e. The van der Waals surface area contributed by atoms with Crippen molar-refractivity contribution < 1.29 is 9.47 Å². The Kier molecular flexibility index (Phi) is 4.19. The molecule has 1 aliphatic heterocycles. The van der Waals surface area contributed by atoms with Crippen LogP contribution in [0.15, 0.2) is 54.2 Å². The molecule has 0 atom stereocenters. The molecule has 2 aromatic rings. The number of benzene rings is 2. The van der Waals surface area contributed by atoms with Gasteiger partial charge in [0, 0.05) is 29.4 Å². The minimum absolute atomic E-state index is 0.369.